The summed E-state index contributed by atoms with van der Waals surface area (Å²) in [6.45, 7) is 8.72. The van der Waals surface area contributed by atoms with Gasteiger partial charge in [-0.05, 0) is 38.8 Å². The van der Waals surface area contributed by atoms with Gasteiger partial charge in [-0.1, -0.05) is 65.1 Å². The molecule has 0 N–H and O–H groups in total. The average molecular weight is 442 g/mol. The van der Waals surface area contributed by atoms with Gasteiger partial charge < -0.3 is 37.2 Å². The van der Waals surface area contributed by atoms with Crippen LogP contribution in [0.4, 0.5) is 0 Å². The first-order valence-electron chi connectivity index (χ1n) is 7.96. The quantitative estimate of drug-likeness (QED) is 0.347. The van der Waals surface area contributed by atoms with Gasteiger partial charge >= 0.3 is 21.7 Å². The second-order valence-corrected chi connectivity index (χ2v) is 6.55. The summed E-state index contributed by atoms with van der Waals surface area (Å²) in [5.74, 6) is 0.312. The molecule has 0 nitrogen and oxygen atoms in total. The molecule has 0 bridgehead atoms. The van der Waals surface area contributed by atoms with Crippen LogP contribution in [0.25, 0.3) is 0 Å². The van der Waals surface area contributed by atoms with Crippen molar-refractivity contribution in [3.8, 4) is 0 Å². The standard InChI is InChI=1S/C22H23.3ClH.Ti/c1-15-9-16(2)12-20(11-15)22(19-7-5-6-8-19)21-13-17(3)10-18(4)14-21;;;;/h5-6,9-14,22H,7H2,1-4H3;3*1H;/q-1;;;;+4/p-3. The summed E-state index contributed by atoms with van der Waals surface area (Å²) in [4.78, 5) is 0. The maximum absolute atomic E-state index is 3.47. The summed E-state index contributed by atoms with van der Waals surface area (Å²) in [6.07, 6.45) is 8.74. The summed E-state index contributed by atoms with van der Waals surface area (Å²) < 4.78 is 0. The number of hydrogen-bond acceptors (Lipinski definition) is 0. The van der Waals surface area contributed by atoms with Crippen LogP contribution in [0.15, 0.2) is 54.1 Å². The van der Waals surface area contributed by atoms with Crippen molar-refractivity contribution in [3.63, 3.8) is 0 Å². The van der Waals surface area contributed by atoms with E-state index >= 15 is 0 Å². The van der Waals surface area contributed by atoms with E-state index in [2.05, 4.69) is 82.3 Å². The van der Waals surface area contributed by atoms with Gasteiger partial charge in [-0.15, -0.1) is 0 Å². The zero-order valence-electron chi connectivity index (χ0n) is 15.5. The molecule has 0 spiro atoms. The van der Waals surface area contributed by atoms with E-state index in [4.69, 9.17) is 0 Å². The molecule has 2 aromatic rings. The van der Waals surface area contributed by atoms with Gasteiger partial charge in [-0.3, -0.25) is 6.08 Å². The van der Waals surface area contributed by atoms with Crippen LogP contribution in [0, 0.1) is 33.8 Å². The van der Waals surface area contributed by atoms with E-state index in [-0.39, 0.29) is 58.9 Å². The topological polar surface area (TPSA) is 0 Å². The molecule has 3 rings (SSSR count). The minimum Gasteiger partial charge on any atom is -1.00 e. The summed E-state index contributed by atoms with van der Waals surface area (Å²) in [7, 11) is 0. The molecule has 26 heavy (non-hydrogen) atoms. The second-order valence-electron chi connectivity index (χ2n) is 6.55. The molecule has 0 heterocycles. The monoisotopic (exact) mass is 440 g/mol. The van der Waals surface area contributed by atoms with Gasteiger partial charge in [0.15, 0.2) is 0 Å². The number of hydrogen-bond donors (Lipinski definition) is 0. The van der Waals surface area contributed by atoms with Gasteiger partial charge in [-0.2, -0.15) is 5.57 Å². The number of aryl methyl sites for hydroxylation is 4. The molecule has 0 aliphatic heterocycles. The van der Waals surface area contributed by atoms with E-state index in [1.54, 1.807) is 0 Å². The van der Waals surface area contributed by atoms with Gasteiger partial charge in [0, 0.05) is 5.92 Å². The molecule has 0 aromatic heterocycles. The molecule has 2 aromatic carbocycles. The fourth-order valence-electron chi connectivity index (χ4n) is 3.56. The van der Waals surface area contributed by atoms with E-state index < -0.39 is 0 Å². The van der Waals surface area contributed by atoms with E-state index in [1.807, 2.05) is 0 Å². The van der Waals surface area contributed by atoms with Crippen molar-refractivity contribution in [2.45, 2.75) is 40.0 Å². The summed E-state index contributed by atoms with van der Waals surface area (Å²) in [5.41, 5.74) is 9.45. The van der Waals surface area contributed by atoms with Crippen molar-refractivity contribution < 1.29 is 58.9 Å². The third-order valence-electron chi connectivity index (χ3n) is 4.23. The van der Waals surface area contributed by atoms with E-state index in [1.165, 1.54) is 39.0 Å². The van der Waals surface area contributed by atoms with Gasteiger partial charge in [0.1, 0.15) is 0 Å². The molecule has 0 atom stereocenters. The molecule has 1 aliphatic rings. The fourth-order valence-corrected chi connectivity index (χ4v) is 3.56. The predicted octanol–water partition coefficient (Wildman–Crippen LogP) is -3.25. The van der Waals surface area contributed by atoms with Gasteiger partial charge in [0.2, 0.25) is 0 Å². The second kappa shape index (κ2) is 12.1. The van der Waals surface area contributed by atoms with Crippen LogP contribution in [-0.4, -0.2) is 0 Å². The van der Waals surface area contributed by atoms with Crippen LogP contribution in [0.3, 0.4) is 0 Å². The normalized spacial score (nSPS) is 11.7. The Morgan fingerprint density at radius 3 is 1.38 bits per heavy atom. The van der Waals surface area contributed by atoms with Crippen LogP contribution in [0.5, 0.6) is 0 Å². The van der Waals surface area contributed by atoms with Gasteiger partial charge in [0.25, 0.3) is 0 Å². The summed E-state index contributed by atoms with van der Waals surface area (Å²) in [6, 6.07) is 13.8. The first kappa shape index (κ1) is 27.7. The minimum atomic E-state index is 0. The minimum absolute atomic E-state index is 0. The van der Waals surface area contributed by atoms with Crippen molar-refractivity contribution >= 4 is 0 Å². The van der Waals surface area contributed by atoms with Crippen LogP contribution in [0.2, 0.25) is 0 Å². The van der Waals surface area contributed by atoms with E-state index in [0.717, 1.165) is 6.42 Å². The Bertz CT molecular complexity index is 687. The van der Waals surface area contributed by atoms with E-state index in [0.29, 0.717) is 5.92 Å². The number of halogens is 3. The third-order valence-corrected chi connectivity index (χ3v) is 4.23. The van der Waals surface area contributed by atoms with Crippen molar-refractivity contribution in [2.75, 3.05) is 0 Å². The molecule has 0 amide bonds. The molecule has 0 saturated carbocycles. The van der Waals surface area contributed by atoms with E-state index in [9.17, 15) is 0 Å². The smallest absolute Gasteiger partial charge is 1.00 e. The SMILES string of the molecule is Cc1cc(C)cc(C(C2=[C-]C=CC2)c2cc(C)cc(C)c2)c1.[Cl-].[Cl-].[Cl-].[Ti+4]. The van der Waals surface area contributed by atoms with Crippen LogP contribution in [0.1, 0.15) is 45.7 Å². The van der Waals surface area contributed by atoms with Gasteiger partial charge in [0.05, 0.1) is 0 Å². The molecule has 0 unspecified atom stereocenters. The zero-order valence-corrected chi connectivity index (χ0v) is 19.4. The fraction of sp³-hybridized carbons (Fsp3) is 0.273. The molecule has 136 valence electrons. The van der Waals surface area contributed by atoms with Crippen molar-refractivity contribution in [1.82, 2.24) is 0 Å². The summed E-state index contributed by atoms with van der Waals surface area (Å²) >= 11 is 0. The number of rotatable bonds is 3. The number of allylic oxidation sites excluding steroid dienone is 4. The molecule has 0 saturated heterocycles. The third kappa shape index (κ3) is 6.59. The van der Waals surface area contributed by atoms with Crippen molar-refractivity contribution in [3.05, 3.63) is 93.6 Å². The molecular formula is C22H23Cl3Ti. The van der Waals surface area contributed by atoms with Crippen molar-refractivity contribution in [2.24, 2.45) is 0 Å². The molecule has 1 aliphatic carbocycles. The first-order chi connectivity index (χ1) is 10.5. The molecule has 0 radical (unpaired) electrons. The Morgan fingerprint density at radius 1 is 0.692 bits per heavy atom. The molecule has 4 heteroatoms. The summed E-state index contributed by atoms with van der Waals surface area (Å²) in [5, 5.41) is 0. The molecule has 0 fully saturated rings. The maximum atomic E-state index is 3.47. The average Bonchev–Trinajstić information content (AvgIpc) is 2.90. The Labute approximate surface area is 191 Å². The van der Waals surface area contributed by atoms with Crippen LogP contribution < -0.4 is 37.2 Å². The Kier molecular flexibility index (Phi) is 12.9. The van der Waals surface area contributed by atoms with Crippen molar-refractivity contribution in [1.29, 1.82) is 0 Å². The Hall–Kier alpha value is -0.496. The van der Waals surface area contributed by atoms with Crippen LogP contribution in [-0.2, 0) is 21.7 Å². The largest absolute Gasteiger partial charge is 4.00 e. The molecular weight excluding hydrogens is 418 g/mol. The maximum Gasteiger partial charge on any atom is 4.00 e. The van der Waals surface area contributed by atoms with Crippen LogP contribution >= 0.6 is 0 Å². The number of benzene rings is 2. The first-order valence-corrected chi connectivity index (χ1v) is 7.96. The van der Waals surface area contributed by atoms with Gasteiger partial charge in [-0.25, -0.2) is 12.2 Å². The Balaban J connectivity index is 0. The Morgan fingerprint density at radius 2 is 1.08 bits per heavy atom. The zero-order chi connectivity index (χ0) is 15.7. The predicted molar refractivity (Wildman–Crippen MR) is 94.2 cm³/mol.